The van der Waals surface area contributed by atoms with Crippen molar-refractivity contribution in [3.05, 3.63) is 58.9 Å². The van der Waals surface area contributed by atoms with Gasteiger partial charge in [0.15, 0.2) is 11.6 Å². The Morgan fingerprint density at radius 3 is 2.48 bits per heavy atom. The summed E-state index contributed by atoms with van der Waals surface area (Å²) in [6.45, 7) is 4.16. The third-order valence-corrected chi connectivity index (χ3v) is 7.90. The number of fused-ring (bicyclic) bond motifs is 2. The minimum atomic E-state index is -1.03. The van der Waals surface area contributed by atoms with Crippen molar-refractivity contribution in [2.24, 2.45) is 17.8 Å². The highest BCUT2D eigenvalue weighted by Crippen LogP contribution is 2.49. The highest BCUT2D eigenvalue weighted by Gasteiger charge is 2.36. The lowest BCUT2D eigenvalue weighted by molar-refractivity contribution is 0.113. The number of rotatable bonds is 6. The first-order valence-electron chi connectivity index (χ1n) is 12.2. The second kappa shape index (κ2) is 9.79. The molecule has 2 aliphatic rings. The molecule has 3 heteroatoms. The van der Waals surface area contributed by atoms with E-state index in [1.165, 1.54) is 32.1 Å². The average Bonchev–Trinajstić information content (AvgIpc) is 2.77. The predicted molar refractivity (Wildman–Crippen MR) is 123 cm³/mol. The maximum Gasteiger partial charge on any atom is 0.169 e. The van der Waals surface area contributed by atoms with Crippen molar-refractivity contribution >= 4 is 10.8 Å². The lowest BCUT2D eigenvalue weighted by atomic mass is 9.63. The summed E-state index contributed by atoms with van der Waals surface area (Å²) >= 11 is 0. The van der Waals surface area contributed by atoms with Crippen LogP contribution in [-0.4, -0.2) is 0 Å². The molecule has 0 aliphatic heterocycles. The number of benzene rings is 2. The number of allylic oxidation sites excluding steroid dienone is 2. The largest absolute Gasteiger partial charge is 0.206 e. The fourth-order valence-corrected chi connectivity index (χ4v) is 6.29. The van der Waals surface area contributed by atoms with E-state index in [9.17, 15) is 8.78 Å². The van der Waals surface area contributed by atoms with Crippen LogP contribution in [-0.2, 0) is 6.42 Å². The van der Waals surface area contributed by atoms with Gasteiger partial charge < -0.3 is 0 Å². The van der Waals surface area contributed by atoms with E-state index < -0.39 is 17.5 Å². The van der Waals surface area contributed by atoms with E-state index in [1.54, 1.807) is 12.1 Å². The van der Waals surface area contributed by atoms with Crippen molar-refractivity contribution in [1.29, 1.82) is 0 Å². The fourth-order valence-electron chi connectivity index (χ4n) is 6.29. The normalized spacial score (nSPS) is 26.5. The van der Waals surface area contributed by atoms with Crippen LogP contribution in [0, 0.1) is 35.2 Å². The van der Waals surface area contributed by atoms with Crippen LogP contribution >= 0.6 is 0 Å². The van der Waals surface area contributed by atoms with E-state index in [0.29, 0.717) is 35.3 Å². The molecule has 0 bridgehead atoms. The lowest BCUT2D eigenvalue weighted by Gasteiger charge is -2.42. The van der Waals surface area contributed by atoms with Gasteiger partial charge in [-0.15, -0.1) is 0 Å². The summed E-state index contributed by atoms with van der Waals surface area (Å²) in [4.78, 5) is 0. The molecule has 0 spiro atoms. The van der Waals surface area contributed by atoms with E-state index in [1.807, 2.05) is 25.1 Å². The van der Waals surface area contributed by atoms with Crippen molar-refractivity contribution in [3.63, 3.8) is 0 Å². The van der Waals surface area contributed by atoms with Crippen LogP contribution in [0.25, 0.3) is 10.8 Å². The zero-order chi connectivity index (χ0) is 22.0. The molecule has 31 heavy (non-hydrogen) atoms. The smallest absolute Gasteiger partial charge is 0.169 e. The third kappa shape index (κ3) is 4.56. The van der Waals surface area contributed by atoms with Crippen molar-refractivity contribution in [2.45, 2.75) is 84.0 Å². The summed E-state index contributed by atoms with van der Waals surface area (Å²) in [5.41, 5.74) is 0.904. The quantitative estimate of drug-likeness (QED) is 0.403. The second-order valence-electron chi connectivity index (χ2n) is 9.84. The Morgan fingerprint density at radius 1 is 0.935 bits per heavy atom. The van der Waals surface area contributed by atoms with Gasteiger partial charge in [-0.2, -0.15) is 0 Å². The van der Waals surface area contributed by atoms with Gasteiger partial charge in [0, 0.05) is 0 Å². The summed E-state index contributed by atoms with van der Waals surface area (Å²) in [5, 5.41) is 0.294. The molecule has 4 atom stereocenters. The molecule has 2 aliphatic carbocycles. The van der Waals surface area contributed by atoms with Gasteiger partial charge in [-0.3, -0.25) is 0 Å². The molecule has 2 saturated carbocycles. The summed E-state index contributed by atoms with van der Waals surface area (Å²) in [7, 11) is 0. The number of hydrogen-bond acceptors (Lipinski definition) is 0. The molecule has 2 aromatic rings. The Morgan fingerprint density at radius 2 is 1.71 bits per heavy atom. The Hall–Kier alpha value is -1.77. The van der Waals surface area contributed by atoms with Crippen LogP contribution in [0.4, 0.5) is 13.2 Å². The second-order valence-corrected chi connectivity index (χ2v) is 9.84. The molecule has 2 aromatic carbocycles. The predicted octanol–water partition coefficient (Wildman–Crippen LogP) is 8.87. The zero-order valence-electron chi connectivity index (χ0n) is 18.9. The molecule has 0 amide bonds. The monoisotopic (exact) mass is 428 g/mol. The minimum Gasteiger partial charge on any atom is -0.206 e. The summed E-state index contributed by atoms with van der Waals surface area (Å²) in [6, 6.07) is 5.24. The topological polar surface area (TPSA) is 0 Å². The van der Waals surface area contributed by atoms with E-state index in [0.717, 1.165) is 31.1 Å². The van der Waals surface area contributed by atoms with Gasteiger partial charge in [0.25, 0.3) is 0 Å². The van der Waals surface area contributed by atoms with Crippen LogP contribution < -0.4 is 0 Å². The van der Waals surface area contributed by atoms with Crippen molar-refractivity contribution < 1.29 is 13.2 Å². The van der Waals surface area contributed by atoms with Crippen LogP contribution in [0.3, 0.4) is 0 Å². The van der Waals surface area contributed by atoms with Gasteiger partial charge in [-0.05, 0) is 98.1 Å². The molecule has 2 fully saturated rings. The minimum absolute atomic E-state index is 0.116. The maximum atomic E-state index is 15.5. The van der Waals surface area contributed by atoms with E-state index in [-0.39, 0.29) is 11.3 Å². The van der Waals surface area contributed by atoms with Crippen LogP contribution in [0.2, 0.25) is 0 Å². The molecule has 0 saturated heterocycles. The average molecular weight is 429 g/mol. The molecular formula is C28H35F3. The van der Waals surface area contributed by atoms with E-state index >= 15 is 4.39 Å². The number of aryl methyl sites for hydroxylation is 1. The molecule has 0 heterocycles. The van der Waals surface area contributed by atoms with Gasteiger partial charge in [-0.25, -0.2) is 13.2 Å². The lowest BCUT2D eigenvalue weighted by Crippen LogP contribution is -2.30. The maximum absolute atomic E-state index is 15.5. The van der Waals surface area contributed by atoms with Gasteiger partial charge >= 0.3 is 0 Å². The number of hydrogen-bond donors (Lipinski definition) is 0. The Labute approximate surface area is 184 Å². The standard InChI is InChI=1S/C28H35F3/c1-3-5-6-8-23-17-22-13-14-24(27(30)25(22)28(31)26(23)29)21-12-11-19-15-18(7-4-2)9-10-20(19)16-21/h3,5,13-14,17-21H,4,6-12,15-16H2,1-2H3/b5-3+/t18?,19-,20?,21-/m1/s1. The highest BCUT2D eigenvalue weighted by molar-refractivity contribution is 5.85. The summed E-state index contributed by atoms with van der Waals surface area (Å²) in [5.74, 6) is -0.0786. The first kappa shape index (κ1) is 22.4. The molecule has 0 radical (unpaired) electrons. The van der Waals surface area contributed by atoms with Crippen LogP contribution in [0.15, 0.2) is 30.4 Å². The van der Waals surface area contributed by atoms with Gasteiger partial charge in [-0.1, -0.05) is 50.5 Å². The first-order chi connectivity index (χ1) is 15.0. The highest BCUT2D eigenvalue weighted by atomic mass is 19.2. The molecule has 168 valence electrons. The Balaban J connectivity index is 1.57. The zero-order valence-corrected chi connectivity index (χ0v) is 18.9. The first-order valence-corrected chi connectivity index (χ1v) is 12.2. The van der Waals surface area contributed by atoms with E-state index in [2.05, 4.69) is 6.92 Å². The molecule has 0 N–H and O–H groups in total. The van der Waals surface area contributed by atoms with Crippen molar-refractivity contribution in [3.8, 4) is 0 Å². The SMILES string of the molecule is C/C=C/CCc1cc2ccc([C@@H]3CC[C@@H]4CC(CCC)CCC4C3)c(F)c2c(F)c1F. The molecule has 0 nitrogen and oxygen atoms in total. The van der Waals surface area contributed by atoms with Crippen molar-refractivity contribution in [1.82, 2.24) is 0 Å². The molecule has 0 aromatic heterocycles. The molecule has 4 rings (SSSR count). The molecule has 2 unspecified atom stereocenters. The van der Waals surface area contributed by atoms with E-state index in [4.69, 9.17) is 0 Å². The molecular weight excluding hydrogens is 393 g/mol. The van der Waals surface area contributed by atoms with Gasteiger partial charge in [0.2, 0.25) is 0 Å². The van der Waals surface area contributed by atoms with Gasteiger partial charge in [0.1, 0.15) is 5.82 Å². The Kier molecular flexibility index (Phi) is 7.08. The Bertz CT molecular complexity index is 945. The third-order valence-electron chi connectivity index (χ3n) is 7.90. The van der Waals surface area contributed by atoms with Crippen molar-refractivity contribution in [2.75, 3.05) is 0 Å². The van der Waals surface area contributed by atoms with Gasteiger partial charge in [0.05, 0.1) is 5.39 Å². The van der Waals surface area contributed by atoms with Crippen LogP contribution in [0.1, 0.15) is 88.7 Å². The number of halogens is 3. The summed E-state index contributed by atoms with van der Waals surface area (Å²) < 4.78 is 45.1. The van der Waals surface area contributed by atoms with Crippen LogP contribution in [0.5, 0.6) is 0 Å². The fraction of sp³-hybridized carbons (Fsp3) is 0.571. The summed E-state index contributed by atoms with van der Waals surface area (Å²) in [6.07, 6.45) is 14.4.